The van der Waals surface area contributed by atoms with E-state index >= 15 is 0 Å². The molecule has 0 aromatic heterocycles. The lowest BCUT2D eigenvalue weighted by Gasteiger charge is -2.36. The van der Waals surface area contributed by atoms with Crippen LogP contribution in [0.3, 0.4) is 0 Å². The number of Topliss-reactive ketones (excluding diaryl/α,β-unsaturated/α-hetero) is 1. The van der Waals surface area contributed by atoms with Crippen molar-refractivity contribution in [2.45, 2.75) is 52.9 Å². The van der Waals surface area contributed by atoms with Gasteiger partial charge in [-0.2, -0.15) is 0 Å². The number of carbonyl (C=O) groups is 1. The Balaban J connectivity index is 1.97. The minimum Gasteiger partial charge on any atom is -0.392 e. The Labute approximate surface area is 135 Å². The van der Waals surface area contributed by atoms with Gasteiger partial charge in [-0.15, -0.1) is 0 Å². The Morgan fingerprint density at radius 2 is 2.09 bits per heavy atom. The fraction of sp³-hybridized carbons (Fsp3) is 0.650. The van der Waals surface area contributed by atoms with Crippen molar-refractivity contribution >= 4 is 5.78 Å². The highest BCUT2D eigenvalue weighted by Gasteiger charge is 2.34. The van der Waals surface area contributed by atoms with E-state index in [-0.39, 0.29) is 18.3 Å². The van der Waals surface area contributed by atoms with Crippen LogP contribution in [0.15, 0.2) is 35.5 Å². The van der Waals surface area contributed by atoms with Crippen molar-refractivity contribution in [3.63, 3.8) is 0 Å². The summed E-state index contributed by atoms with van der Waals surface area (Å²) in [5, 5.41) is 9.65. The van der Waals surface area contributed by atoms with Gasteiger partial charge in [0.05, 0.1) is 6.61 Å². The molecule has 2 heteroatoms. The molecule has 3 atom stereocenters. The number of aliphatic hydroxyl groups excluding tert-OH is 1. The van der Waals surface area contributed by atoms with E-state index in [9.17, 15) is 9.90 Å². The lowest BCUT2D eigenvalue weighted by molar-refractivity contribution is -0.117. The Hall–Kier alpha value is -1.15. The zero-order valence-corrected chi connectivity index (χ0v) is 14.2. The number of carbonyl (C=O) groups excluding carboxylic acids is 1. The molecule has 2 aliphatic rings. The van der Waals surface area contributed by atoms with Crippen LogP contribution >= 0.6 is 0 Å². The molecule has 0 spiro atoms. The van der Waals surface area contributed by atoms with Gasteiger partial charge in [0.25, 0.3) is 0 Å². The van der Waals surface area contributed by atoms with Crippen LogP contribution in [-0.4, -0.2) is 17.5 Å². The first-order chi connectivity index (χ1) is 10.5. The predicted molar refractivity (Wildman–Crippen MR) is 91.5 cm³/mol. The third-order valence-electron chi connectivity index (χ3n) is 5.03. The van der Waals surface area contributed by atoms with Crippen molar-refractivity contribution in [3.05, 3.63) is 35.5 Å². The second kappa shape index (κ2) is 7.92. The molecule has 0 bridgehead atoms. The summed E-state index contributed by atoms with van der Waals surface area (Å²) in [6.07, 6.45) is 14.1. The lowest BCUT2D eigenvalue weighted by atomic mass is 9.68. The molecule has 0 fully saturated rings. The molecular formula is C20H30O2. The van der Waals surface area contributed by atoms with E-state index in [1.807, 2.05) is 6.92 Å². The first-order valence-corrected chi connectivity index (χ1v) is 8.69. The third kappa shape index (κ3) is 4.42. The van der Waals surface area contributed by atoms with Crippen molar-refractivity contribution < 1.29 is 9.90 Å². The zero-order valence-electron chi connectivity index (χ0n) is 14.2. The van der Waals surface area contributed by atoms with Crippen LogP contribution in [0.5, 0.6) is 0 Å². The van der Waals surface area contributed by atoms with Gasteiger partial charge < -0.3 is 5.11 Å². The molecule has 0 saturated heterocycles. The Bertz CT molecular complexity index is 482. The largest absolute Gasteiger partial charge is 0.392 e. The average molecular weight is 302 g/mol. The summed E-state index contributed by atoms with van der Waals surface area (Å²) in [7, 11) is 0. The highest BCUT2D eigenvalue weighted by molar-refractivity contribution is 5.96. The van der Waals surface area contributed by atoms with Gasteiger partial charge >= 0.3 is 0 Å². The van der Waals surface area contributed by atoms with Gasteiger partial charge in [0.15, 0.2) is 5.78 Å². The van der Waals surface area contributed by atoms with Gasteiger partial charge in [-0.3, -0.25) is 4.79 Å². The van der Waals surface area contributed by atoms with Crippen LogP contribution in [0.1, 0.15) is 52.9 Å². The molecule has 0 radical (unpaired) electrons. The second-order valence-corrected chi connectivity index (χ2v) is 7.32. The molecule has 0 saturated carbocycles. The summed E-state index contributed by atoms with van der Waals surface area (Å²) in [4.78, 5) is 11.9. The Morgan fingerprint density at radius 3 is 2.77 bits per heavy atom. The number of aliphatic hydroxyl groups is 1. The van der Waals surface area contributed by atoms with Crippen LogP contribution < -0.4 is 0 Å². The summed E-state index contributed by atoms with van der Waals surface area (Å²) < 4.78 is 0. The quantitative estimate of drug-likeness (QED) is 0.736. The number of rotatable bonds is 6. The van der Waals surface area contributed by atoms with Gasteiger partial charge in [0, 0.05) is 6.42 Å². The standard InChI is InChI=1S/C20H30O2/c1-14(2)7-5-4-6-8-16-10-17-9-15(3)20(22)12-19(17)18(11-16)13-21/h4,6,9,11,14,16-17,19,21H,5,7-8,10,12-13H2,1-3H3/b6-4-/t16-,17-,19+/m1/s1. The first kappa shape index (κ1) is 17.2. The van der Waals surface area contributed by atoms with Crippen LogP contribution in [0.4, 0.5) is 0 Å². The molecule has 1 N–H and O–H groups in total. The van der Waals surface area contributed by atoms with E-state index in [1.54, 1.807) is 0 Å². The molecule has 0 amide bonds. The van der Waals surface area contributed by atoms with E-state index in [0.717, 1.165) is 36.3 Å². The first-order valence-electron chi connectivity index (χ1n) is 8.69. The normalized spacial score (nSPS) is 28.8. The maximum absolute atomic E-state index is 11.9. The maximum Gasteiger partial charge on any atom is 0.158 e. The van der Waals surface area contributed by atoms with Crippen molar-refractivity contribution in [2.75, 3.05) is 6.61 Å². The lowest BCUT2D eigenvalue weighted by Crippen LogP contribution is -2.31. The number of hydrogen-bond donors (Lipinski definition) is 1. The molecule has 0 unspecified atom stereocenters. The minimum absolute atomic E-state index is 0.0922. The molecular weight excluding hydrogens is 272 g/mol. The molecule has 0 aromatic rings. The summed E-state index contributed by atoms with van der Waals surface area (Å²) >= 11 is 0. The average Bonchev–Trinajstić information content (AvgIpc) is 2.47. The summed E-state index contributed by atoms with van der Waals surface area (Å²) in [6, 6.07) is 0. The van der Waals surface area contributed by atoms with Crippen LogP contribution in [0, 0.1) is 23.7 Å². The molecule has 2 rings (SSSR count). The van der Waals surface area contributed by atoms with Crippen molar-refractivity contribution in [2.24, 2.45) is 23.7 Å². The predicted octanol–water partition coefficient (Wildman–Crippen LogP) is 4.46. The smallest absolute Gasteiger partial charge is 0.158 e. The van der Waals surface area contributed by atoms with Gasteiger partial charge in [-0.1, -0.05) is 38.2 Å². The minimum atomic E-state index is 0.0922. The highest BCUT2D eigenvalue weighted by atomic mass is 16.3. The number of fused-ring (bicyclic) bond motifs is 1. The van der Waals surface area contributed by atoms with E-state index in [0.29, 0.717) is 18.3 Å². The number of allylic oxidation sites excluding steroid dienone is 5. The Morgan fingerprint density at radius 1 is 1.32 bits per heavy atom. The third-order valence-corrected chi connectivity index (χ3v) is 5.03. The molecule has 2 aliphatic carbocycles. The topological polar surface area (TPSA) is 37.3 Å². The van der Waals surface area contributed by atoms with Crippen molar-refractivity contribution in [1.82, 2.24) is 0 Å². The molecule has 122 valence electrons. The fourth-order valence-corrected chi connectivity index (χ4v) is 3.68. The van der Waals surface area contributed by atoms with E-state index in [4.69, 9.17) is 0 Å². The molecule has 22 heavy (non-hydrogen) atoms. The highest BCUT2D eigenvalue weighted by Crippen LogP contribution is 2.41. The SMILES string of the molecule is CC1=C[C@@H]2C[C@@H](C/C=C\CCC(C)C)C=C(CO)[C@H]2CC1=O. The Kier molecular flexibility index (Phi) is 6.19. The van der Waals surface area contributed by atoms with Crippen molar-refractivity contribution in [1.29, 1.82) is 0 Å². The fourth-order valence-electron chi connectivity index (χ4n) is 3.68. The van der Waals surface area contributed by atoms with Crippen molar-refractivity contribution in [3.8, 4) is 0 Å². The monoisotopic (exact) mass is 302 g/mol. The van der Waals surface area contributed by atoms with E-state index in [1.165, 1.54) is 6.42 Å². The summed E-state index contributed by atoms with van der Waals surface area (Å²) in [5.41, 5.74) is 1.99. The van der Waals surface area contributed by atoms with Crippen LogP contribution in [0.25, 0.3) is 0 Å². The zero-order chi connectivity index (χ0) is 16.1. The van der Waals surface area contributed by atoms with Gasteiger partial charge in [0.2, 0.25) is 0 Å². The van der Waals surface area contributed by atoms with Crippen LogP contribution in [-0.2, 0) is 4.79 Å². The second-order valence-electron chi connectivity index (χ2n) is 7.32. The number of hydrogen-bond acceptors (Lipinski definition) is 2. The van der Waals surface area contributed by atoms with Crippen LogP contribution in [0.2, 0.25) is 0 Å². The molecule has 0 aromatic carbocycles. The molecule has 0 aliphatic heterocycles. The van der Waals surface area contributed by atoms with E-state index < -0.39 is 0 Å². The maximum atomic E-state index is 11.9. The van der Waals surface area contributed by atoms with Gasteiger partial charge in [-0.05, 0) is 67.4 Å². The molecule has 0 heterocycles. The molecule has 2 nitrogen and oxygen atoms in total. The van der Waals surface area contributed by atoms with E-state index in [2.05, 4.69) is 38.2 Å². The van der Waals surface area contributed by atoms with Gasteiger partial charge in [-0.25, -0.2) is 0 Å². The summed E-state index contributed by atoms with van der Waals surface area (Å²) in [5.74, 6) is 2.17. The van der Waals surface area contributed by atoms with Gasteiger partial charge in [0.1, 0.15) is 0 Å². The number of ketones is 1. The summed E-state index contributed by atoms with van der Waals surface area (Å²) in [6.45, 7) is 6.53.